The maximum atomic E-state index is 12.1. The second kappa shape index (κ2) is 7.01. The van der Waals surface area contributed by atoms with Gasteiger partial charge in [-0.15, -0.1) is 11.8 Å². The van der Waals surface area contributed by atoms with Crippen LogP contribution in [0, 0.1) is 0 Å². The van der Waals surface area contributed by atoms with Gasteiger partial charge in [-0.25, -0.2) is 0 Å². The zero-order valence-corrected chi connectivity index (χ0v) is 12.3. The van der Waals surface area contributed by atoms with Gasteiger partial charge < -0.3 is 10.1 Å². The predicted molar refractivity (Wildman–Crippen MR) is 83.4 cm³/mol. The van der Waals surface area contributed by atoms with Crippen LogP contribution in [-0.4, -0.2) is 18.3 Å². The first kappa shape index (κ1) is 14.5. The smallest absolute Gasteiger partial charge is 0.265 e. The number of hydrogen-bond donors (Lipinski definition) is 1. The van der Waals surface area contributed by atoms with Gasteiger partial charge in [0.05, 0.1) is 5.69 Å². The van der Waals surface area contributed by atoms with Crippen LogP contribution < -0.4 is 10.1 Å². The zero-order valence-electron chi connectivity index (χ0n) is 11.5. The number of carbonyl (C=O) groups is 1. The standard InChI is InChI=1S/C16H17NO2S/c1-12(19-13-8-4-3-5-9-13)16(18)17-14-10-6-7-11-15(14)20-2/h3-12H,1-2H3,(H,17,18)/t12-/m1/s1. The van der Waals surface area contributed by atoms with E-state index in [4.69, 9.17) is 4.74 Å². The summed E-state index contributed by atoms with van der Waals surface area (Å²) in [5.74, 6) is 0.531. The van der Waals surface area contributed by atoms with Crippen LogP contribution in [0.3, 0.4) is 0 Å². The van der Waals surface area contributed by atoms with Crippen molar-refractivity contribution in [1.29, 1.82) is 0 Å². The minimum Gasteiger partial charge on any atom is -0.481 e. The Bertz CT molecular complexity index is 572. The van der Waals surface area contributed by atoms with Crippen LogP contribution in [0.5, 0.6) is 5.75 Å². The molecule has 0 bridgehead atoms. The molecule has 104 valence electrons. The molecule has 1 atom stereocenters. The van der Waals surface area contributed by atoms with Crippen LogP contribution in [0.2, 0.25) is 0 Å². The van der Waals surface area contributed by atoms with Crippen LogP contribution in [0.15, 0.2) is 59.5 Å². The van der Waals surface area contributed by atoms with E-state index in [1.165, 1.54) is 0 Å². The van der Waals surface area contributed by atoms with Crippen molar-refractivity contribution >= 4 is 23.4 Å². The monoisotopic (exact) mass is 287 g/mol. The van der Waals surface area contributed by atoms with Gasteiger partial charge in [0.25, 0.3) is 5.91 Å². The molecule has 0 aliphatic rings. The van der Waals surface area contributed by atoms with Crippen molar-refractivity contribution in [3.8, 4) is 5.75 Å². The van der Waals surface area contributed by atoms with E-state index in [0.717, 1.165) is 10.6 Å². The van der Waals surface area contributed by atoms with Crippen LogP contribution in [0.4, 0.5) is 5.69 Å². The molecule has 20 heavy (non-hydrogen) atoms. The summed E-state index contributed by atoms with van der Waals surface area (Å²) in [6.07, 6.45) is 1.43. The summed E-state index contributed by atoms with van der Waals surface area (Å²) in [5.41, 5.74) is 0.813. The summed E-state index contributed by atoms with van der Waals surface area (Å²) >= 11 is 1.60. The number of benzene rings is 2. The van der Waals surface area contributed by atoms with Crippen LogP contribution in [0.25, 0.3) is 0 Å². The molecule has 0 aromatic heterocycles. The summed E-state index contributed by atoms with van der Waals surface area (Å²) in [6.45, 7) is 1.74. The Morgan fingerprint density at radius 2 is 1.75 bits per heavy atom. The van der Waals surface area contributed by atoms with E-state index in [0.29, 0.717) is 5.75 Å². The van der Waals surface area contributed by atoms with Crippen molar-refractivity contribution in [3.05, 3.63) is 54.6 Å². The van der Waals surface area contributed by atoms with Crippen molar-refractivity contribution in [1.82, 2.24) is 0 Å². The first-order valence-corrected chi connectivity index (χ1v) is 7.59. The van der Waals surface area contributed by atoms with Crippen molar-refractivity contribution in [2.45, 2.75) is 17.9 Å². The minimum absolute atomic E-state index is 0.157. The molecule has 0 saturated heterocycles. The first-order chi connectivity index (χ1) is 9.70. The molecule has 0 aliphatic heterocycles. The Morgan fingerprint density at radius 3 is 2.45 bits per heavy atom. The molecular weight excluding hydrogens is 270 g/mol. The number of anilines is 1. The number of thioether (sulfide) groups is 1. The summed E-state index contributed by atoms with van der Waals surface area (Å²) in [5, 5.41) is 2.90. The molecule has 1 amide bonds. The van der Waals surface area contributed by atoms with Gasteiger partial charge in [0, 0.05) is 4.90 Å². The second-order valence-corrected chi connectivity index (χ2v) is 5.11. The molecule has 0 spiro atoms. The van der Waals surface area contributed by atoms with Crippen LogP contribution in [-0.2, 0) is 4.79 Å². The maximum absolute atomic E-state index is 12.1. The highest BCUT2D eigenvalue weighted by Gasteiger charge is 2.15. The lowest BCUT2D eigenvalue weighted by Crippen LogP contribution is -2.30. The highest BCUT2D eigenvalue weighted by molar-refractivity contribution is 7.98. The molecule has 0 unspecified atom stereocenters. The van der Waals surface area contributed by atoms with Gasteiger partial charge in [-0.05, 0) is 37.4 Å². The van der Waals surface area contributed by atoms with Crippen molar-refractivity contribution in [3.63, 3.8) is 0 Å². The number of nitrogens with one attached hydrogen (secondary N) is 1. The zero-order chi connectivity index (χ0) is 14.4. The maximum Gasteiger partial charge on any atom is 0.265 e. The summed E-state index contributed by atoms with van der Waals surface area (Å²) in [6, 6.07) is 17.0. The fourth-order valence-corrected chi connectivity index (χ4v) is 2.29. The molecule has 0 radical (unpaired) electrons. The highest BCUT2D eigenvalue weighted by atomic mass is 32.2. The Hall–Kier alpha value is -1.94. The number of hydrogen-bond acceptors (Lipinski definition) is 3. The summed E-state index contributed by atoms with van der Waals surface area (Å²) < 4.78 is 5.60. The van der Waals surface area contributed by atoms with E-state index >= 15 is 0 Å². The lowest BCUT2D eigenvalue weighted by Gasteiger charge is -2.15. The Labute approximate surface area is 123 Å². The number of amides is 1. The summed E-state index contributed by atoms with van der Waals surface area (Å²) in [4.78, 5) is 13.2. The number of para-hydroxylation sites is 2. The van der Waals surface area contributed by atoms with E-state index in [-0.39, 0.29) is 5.91 Å². The fraction of sp³-hybridized carbons (Fsp3) is 0.188. The third-order valence-corrected chi connectivity index (χ3v) is 3.59. The lowest BCUT2D eigenvalue weighted by molar-refractivity contribution is -0.122. The summed E-state index contributed by atoms with van der Waals surface area (Å²) in [7, 11) is 0. The Kier molecular flexibility index (Phi) is 5.07. The van der Waals surface area contributed by atoms with Gasteiger partial charge in [-0.2, -0.15) is 0 Å². The average molecular weight is 287 g/mol. The molecule has 2 rings (SSSR count). The van der Waals surface area contributed by atoms with Gasteiger partial charge in [0.1, 0.15) is 5.75 Å². The third kappa shape index (κ3) is 3.78. The van der Waals surface area contributed by atoms with Gasteiger partial charge in [-0.1, -0.05) is 30.3 Å². The normalized spacial score (nSPS) is 11.7. The van der Waals surface area contributed by atoms with E-state index in [2.05, 4.69) is 5.32 Å². The van der Waals surface area contributed by atoms with Crippen LogP contribution >= 0.6 is 11.8 Å². The third-order valence-electron chi connectivity index (χ3n) is 2.79. The number of carbonyl (C=O) groups excluding carboxylic acids is 1. The predicted octanol–water partition coefficient (Wildman–Crippen LogP) is 3.81. The fourth-order valence-electron chi connectivity index (χ4n) is 1.74. The molecule has 2 aromatic carbocycles. The molecule has 1 N–H and O–H groups in total. The second-order valence-electron chi connectivity index (χ2n) is 4.26. The van der Waals surface area contributed by atoms with Gasteiger partial charge in [0.15, 0.2) is 6.10 Å². The topological polar surface area (TPSA) is 38.3 Å². The molecule has 0 saturated carbocycles. The van der Waals surface area contributed by atoms with Crippen LogP contribution in [0.1, 0.15) is 6.92 Å². The highest BCUT2D eigenvalue weighted by Crippen LogP contribution is 2.24. The van der Waals surface area contributed by atoms with Crippen molar-refractivity contribution in [2.75, 3.05) is 11.6 Å². The SMILES string of the molecule is CSc1ccccc1NC(=O)[C@@H](C)Oc1ccccc1. The van der Waals surface area contributed by atoms with Crippen molar-refractivity contribution in [2.24, 2.45) is 0 Å². The van der Waals surface area contributed by atoms with E-state index < -0.39 is 6.10 Å². The molecular formula is C16H17NO2S. The molecule has 4 heteroatoms. The molecule has 0 aliphatic carbocycles. The van der Waals surface area contributed by atoms with Gasteiger partial charge in [-0.3, -0.25) is 4.79 Å². The van der Waals surface area contributed by atoms with Gasteiger partial charge in [0.2, 0.25) is 0 Å². The first-order valence-electron chi connectivity index (χ1n) is 6.36. The lowest BCUT2D eigenvalue weighted by atomic mass is 10.3. The molecule has 0 heterocycles. The van der Waals surface area contributed by atoms with Gasteiger partial charge >= 0.3 is 0 Å². The molecule has 2 aromatic rings. The Morgan fingerprint density at radius 1 is 1.10 bits per heavy atom. The quantitative estimate of drug-likeness (QED) is 0.850. The molecule has 0 fully saturated rings. The van der Waals surface area contributed by atoms with Crippen molar-refractivity contribution < 1.29 is 9.53 Å². The number of ether oxygens (including phenoxy) is 1. The van der Waals surface area contributed by atoms with E-state index in [1.807, 2.05) is 60.9 Å². The Balaban J connectivity index is 2.01. The average Bonchev–Trinajstić information content (AvgIpc) is 2.48. The van der Waals surface area contributed by atoms with E-state index in [1.54, 1.807) is 18.7 Å². The molecule has 3 nitrogen and oxygen atoms in total. The van der Waals surface area contributed by atoms with E-state index in [9.17, 15) is 4.79 Å². The minimum atomic E-state index is -0.549. The number of rotatable bonds is 5. The largest absolute Gasteiger partial charge is 0.481 e.